The summed E-state index contributed by atoms with van der Waals surface area (Å²) in [6.07, 6.45) is 2.38. The smallest absolute Gasteiger partial charge is 0.0597 e. The molecule has 0 bridgehead atoms. The first-order valence-electron chi connectivity index (χ1n) is 7.04. The van der Waals surface area contributed by atoms with Crippen LogP contribution in [-0.4, -0.2) is 9.78 Å². The van der Waals surface area contributed by atoms with Crippen molar-refractivity contribution >= 4 is 11.3 Å². The molecule has 1 atom stereocenters. The Bertz CT molecular complexity index is 487. The van der Waals surface area contributed by atoms with E-state index in [1.807, 2.05) is 11.3 Å². The minimum absolute atomic E-state index is 0.463. The van der Waals surface area contributed by atoms with Crippen LogP contribution in [-0.2, 0) is 13.1 Å². The summed E-state index contributed by atoms with van der Waals surface area (Å²) in [6.45, 7) is 8.25. The summed E-state index contributed by atoms with van der Waals surface area (Å²) < 4.78 is 2.08. The van der Waals surface area contributed by atoms with E-state index in [2.05, 4.69) is 59.4 Å². The van der Waals surface area contributed by atoms with Crippen molar-refractivity contribution < 1.29 is 0 Å². The summed E-state index contributed by atoms with van der Waals surface area (Å²) in [6, 6.07) is 6.99. The van der Waals surface area contributed by atoms with Gasteiger partial charge in [0.1, 0.15) is 0 Å². The molecule has 0 amide bonds. The molecular weight excluding hydrogens is 254 g/mol. The van der Waals surface area contributed by atoms with Gasteiger partial charge in [0.2, 0.25) is 0 Å². The van der Waals surface area contributed by atoms with Crippen LogP contribution in [0.3, 0.4) is 0 Å². The zero-order valence-corrected chi connectivity index (χ0v) is 12.8. The number of rotatable bonds is 7. The van der Waals surface area contributed by atoms with Crippen LogP contribution >= 0.6 is 11.3 Å². The summed E-state index contributed by atoms with van der Waals surface area (Å²) >= 11 is 1.84. The van der Waals surface area contributed by atoms with Gasteiger partial charge in [0.05, 0.1) is 11.4 Å². The highest BCUT2D eigenvalue weighted by Gasteiger charge is 2.12. The number of thiophene rings is 1. The van der Waals surface area contributed by atoms with Crippen LogP contribution in [0.15, 0.2) is 23.6 Å². The van der Waals surface area contributed by atoms with E-state index in [0.29, 0.717) is 6.04 Å². The van der Waals surface area contributed by atoms with E-state index in [4.69, 9.17) is 0 Å². The Morgan fingerprint density at radius 3 is 2.89 bits per heavy atom. The van der Waals surface area contributed by atoms with Gasteiger partial charge in [-0.15, -0.1) is 11.3 Å². The molecule has 0 aliphatic heterocycles. The molecule has 2 rings (SSSR count). The zero-order valence-electron chi connectivity index (χ0n) is 12.0. The molecule has 19 heavy (non-hydrogen) atoms. The first-order chi connectivity index (χ1) is 9.24. The quantitative estimate of drug-likeness (QED) is 0.831. The monoisotopic (exact) mass is 277 g/mol. The van der Waals surface area contributed by atoms with E-state index < -0.39 is 0 Å². The second-order valence-electron chi connectivity index (χ2n) is 4.83. The van der Waals surface area contributed by atoms with E-state index in [9.17, 15) is 0 Å². The van der Waals surface area contributed by atoms with Gasteiger partial charge in [-0.2, -0.15) is 5.10 Å². The highest BCUT2D eigenvalue weighted by molar-refractivity contribution is 7.10. The average molecular weight is 277 g/mol. The molecule has 104 valence electrons. The molecule has 0 saturated carbocycles. The standard InChI is InChI=1S/C15H23N3S/c1-4-7-14(15-8-6-9-19-15)16-11-13-10-12(3)17-18(13)5-2/h6,8-10,14,16H,4-5,7,11H2,1-3H3. The Labute approximate surface area is 119 Å². The fourth-order valence-corrected chi connectivity index (χ4v) is 3.20. The van der Waals surface area contributed by atoms with E-state index in [1.54, 1.807) is 0 Å². The van der Waals surface area contributed by atoms with Crippen LogP contribution in [0.4, 0.5) is 0 Å². The van der Waals surface area contributed by atoms with Crippen molar-refractivity contribution in [3.05, 3.63) is 39.8 Å². The molecule has 0 aliphatic carbocycles. The van der Waals surface area contributed by atoms with Crippen molar-refractivity contribution in [2.24, 2.45) is 0 Å². The maximum Gasteiger partial charge on any atom is 0.0597 e. The van der Waals surface area contributed by atoms with E-state index >= 15 is 0 Å². The predicted octanol–water partition coefficient (Wildman–Crippen LogP) is 3.90. The van der Waals surface area contributed by atoms with Gasteiger partial charge in [0.15, 0.2) is 0 Å². The van der Waals surface area contributed by atoms with Crippen LogP contribution < -0.4 is 5.32 Å². The average Bonchev–Trinajstić information content (AvgIpc) is 3.03. The van der Waals surface area contributed by atoms with Crippen molar-refractivity contribution in [2.45, 2.75) is 52.7 Å². The number of hydrogen-bond donors (Lipinski definition) is 1. The Balaban J connectivity index is 2.02. The molecule has 0 saturated heterocycles. The molecule has 0 aliphatic rings. The molecule has 2 aromatic heterocycles. The second kappa shape index (κ2) is 6.87. The number of nitrogens with one attached hydrogen (secondary N) is 1. The summed E-state index contributed by atoms with van der Waals surface area (Å²) in [4.78, 5) is 1.43. The zero-order chi connectivity index (χ0) is 13.7. The molecule has 0 fully saturated rings. The normalized spacial score (nSPS) is 12.8. The van der Waals surface area contributed by atoms with E-state index in [-0.39, 0.29) is 0 Å². The summed E-state index contributed by atoms with van der Waals surface area (Å²) in [7, 11) is 0. The molecule has 4 heteroatoms. The third kappa shape index (κ3) is 3.67. The second-order valence-corrected chi connectivity index (χ2v) is 5.81. The minimum Gasteiger partial charge on any atom is -0.304 e. The molecule has 3 nitrogen and oxygen atoms in total. The maximum absolute atomic E-state index is 4.50. The van der Waals surface area contributed by atoms with Crippen molar-refractivity contribution in [2.75, 3.05) is 0 Å². The first kappa shape index (κ1) is 14.3. The molecular formula is C15H23N3S. The minimum atomic E-state index is 0.463. The fraction of sp³-hybridized carbons (Fsp3) is 0.533. The van der Waals surface area contributed by atoms with Gasteiger partial charge >= 0.3 is 0 Å². The van der Waals surface area contributed by atoms with Crippen molar-refractivity contribution in [3.63, 3.8) is 0 Å². The SMILES string of the molecule is CCCC(NCc1cc(C)nn1CC)c1cccs1. The van der Waals surface area contributed by atoms with Crippen molar-refractivity contribution in [1.82, 2.24) is 15.1 Å². The Hall–Kier alpha value is -1.13. The highest BCUT2D eigenvalue weighted by atomic mass is 32.1. The van der Waals surface area contributed by atoms with Gasteiger partial charge in [-0.25, -0.2) is 0 Å². The third-order valence-electron chi connectivity index (χ3n) is 3.28. The fourth-order valence-electron chi connectivity index (χ4n) is 2.37. The molecule has 0 spiro atoms. The lowest BCUT2D eigenvalue weighted by atomic mass is 10.1. The number of aryl methyl sites for hydroxylation is 2. The number of hydrogen-bond acceptors (Lipinski definition) is 3. The van der Waals surface area contributed by atoms with Crippen molar-refractivity contribution in [3.8, 4) is 0 Å². The largest absolute Gasteiger partial charge is 0.304 e. The van der Waals surface area contributed by atoms with Gasteiger partial charge in [-0.3, -0.25) is 4.68 Å². The molecule has 1 N–H and O–H groups in total. The first-order valence-corrected chi connectivity index (χ1v) is 7.92. The summed E-state index contributed by atoms with van der Waals surface area (Å²) in [5.74, 6) is 0. The lowest BCUT2D eigenvalue weighted by molar-refractivity contribution is 0.480. The van der Waals surface area contributed by atoms with E-state index in [1.165, 1.54) is 23.4 Å². The lowest BCUT2D eigenvalue weighted by Crippen LogP contribution is -2.21. The highest BCUT2D eigenvalue weighted by Crippen LogP contribution is 2.23. The van der Waals surface area contributed by atoms with Gasteiger partial charge in [0, 0.05) is 24.0 Å². The van der Waals surface area contributed by atoms with Gasteiger partial charge in [0.25, 0.3) is 0 Å². The van der Waals surface area contributed by atoms with Gasteiger partial charge in [-0.1, -0.05) is 19.4 Å². The van der Waals surface area contributed by atoms with Crippen LogP contribution in [0.5, 0.6) is 0 Å². The third-order valence-corrected chi connectivity index (χ3v) is 4.26. The predicted molar refractivity (Wildman–Crippen MR) is 81.4 cm³/mol. The lowest BCUT2D eigenvalue weighted by Gasteiger charge is -2.17. The van der Waals surface area contributed by atoms with Crippen LogP contribution in [0.1, 0.15) is 49.0 Å². The molecule has 1 unspecified atom stereocenters. The van der Waals surface area contributed by atoms with Gasteiger partial charge in [-0.05, 0) is 37.8 Å². The molecule has 2 heterocycles. The summed E-state index contributed by atoms with van der Waals surface area (Å²) in [5.41, 5.74) is 2.37. The van der Waals surface area contributed by atoms with Gasteiger partial charge < -0.3 is 5.32 Å². The number of aromatic nitrogens is 2. The topological polar surface area (TPSA) is 29.9 Å². The molecule has 2 aromatic rings. The van der Waals surface area contributed by atoms with Crippen LogP contribution in [0, 0.1) is 6.92 Å². The Morgan fingerprint density at radius 2 is 2.26 bits per heavy atom. The summed E-state index contributed by atoms with van der Waals surface area (Å²) in [5, 5.41) is 10.3. The van der Waals surface area contributed by atoms with Crippen LogP contribution in [0.25, 0.3) is 0 Å². The molecule has 0 aromatic carbocycles. The number of nitrogens with zero attached hydrogens (tertiary/aromatic N) is 2. The Morgan fingerprint density at radius 1 is 1.42 bits per heavy atom. The van der Waals surface area contributed by atoms with Crippen LogP contribution in [0.2, 0.25) is 0 Å². The van der Waals surface area contributed by atoms with E-state index in [0.717, 1.165) is 18.8 Å². The Kier molecular flexibility index (Phi) is 5.16. The maximum atomic E-state index is 4.50. The van der Waals surface area contributed by atoms with Crippen molar-refractivity contribution in [1.29, 1.82) is 0 Å². The molecule has 0 radical (unpaired) electrons.